The second-order valence-electron chi connectivity index (χ2n) is 7.16. The Morgan fingerprint density at radius 1 is 1.30 bits per heavy atom. The Labute approximate surface area is 195 Å². The number of nitrogens with one attached hydrogen (secondary N) is 2. The Hall–Kier alpha value is -1.94. The molecule has 1 atom stereocenters. The minimum atomic E-state index is -0.191. The van der Waals surface area contributed by atoms with Crippen LogP contribution in [0.5, 0.6) is 0 Å². The fraction of sp³-hybridized carbons (Fsp3) is 0.455. The highest BCUT2D eigenvalue weighted by Gasteiger charge is 2.16. The van der Waals surface area contributed by atoms with Gasteiger partial charge in [-0.1, -0.05) is 18.2 Å². The summed E-state index contributed by atoms with van der Waals surface area (Å²) in [6.07, 6.45) is 1.81. The molecule has 1 unspecified atom stereocenters. The molecule has 0 spiro atoms. The zero-order valence-electron chi connectivity index (χ0n) is 17.8. The Kier molecular flexibility index (Phi) is 9.77. The van der Waals surface area contributed by atoms with E-state index in [4.69, 9.17) is 9.73 Å². The average Bonchev–Trinajstić information content (AvgIpc) is 2.75. The number of ether oxygens (including phenoxy) is 1. The van der Waals surface area contributed by atoms with Crippen LogP contribution >= 0.6 is 24.0 Å². The number of aromatic nitrogens is 1. The zero-order valence-corrected chi connectivity index (χ0v) is 20.2. The summed E-state index contributed by atoms with van der Waals surface area (Å²) in [6, 6.07) is 9.25. The van der Waals surface area contributed by atoms with Crippen LogP contribution < -0.4 is 15.5 Å². The maximum absolute atomic E-state index is 13.9. The first kappa shape index (κ1) is 24.3. The van der Waals surface area contributed by atoms with Gasteiger partial charge in [0.2, 0.25) is 0 Å². The molecule has 1 fully saturated rings. The number of hydrogen-bond donors (Lipinski definition) is 2. The summed E-state index contributed by atoms with van der Waals surface area (Å²) in [5, 5.41) is 6.64. The van der Waals surface area contributed by atoms with Gasteiger partial charge in [-0.3, -0.25) is 0 Å². The van der Waals surface area contributed by atoms with Crippen LogP contribution in [-0.2, 0) is 11.3 Å². The van der Waals surface area contributed by atoms with Crippen molar-refractivity contribution in [3.8, 4) is 0 Å². The molecule has 0 amide bonds. The van der Waals surface area contributed by atoms with Gasteiger partial charge in [0.05, 0.1) is 25.8 Å². The second-order valence-corrected chi connectivity index (χ2v) is 7.16. The van der Waals surface area contributed by atoms with Gasteiger partial charge in [-0.2, -0.15) is 0 Å². The fourth-order valence-electron chi connectivity index (χ4n) is 3.26. The molecular weight excluding hydrogens is 496 g/mol. The number of morpholine rings is 1. The monoisotopic (exact) mass is 527 g/mol. The normalized spacial score (nSPS) is 15.3. The molecule has 0 saturated carbocycles. The van der Waals surface area contributed by atoms with Gasteiger partial charge in [-0.15, -0.1) is 24.0 Å². The summed E-state index contributed by atoms with van der Waals surface area (Å²) in [4.78, 5) is 11.6. The van der Waals surface area contributed by atoms with Gasteiger partial charge < -0.3 is 20.3 Å². The third kappa shape index (κ3) is 6.53. The molecule has 0 aliphatic carbocycles. The number of benzene rings is 1. The lowest BCUT2D eigenvalue weighted by atomic mass is 10.1. The molecule has 0 radical (unpaired) electrons. The molecule has 1 aliphatic heterocycles. The highest BCUT2D eigenvalue weighted by Crippen LogP contribution is 2.20. The van der Waals surface area contributed by atoms with Crippen molar-refractivity contribution in [1.29, 1.82) is 0 Å². The molecule has 1 aromatic carbocycles. The van der Waals surface area contributed by atoms with Crippen molar-refractivity contribution in [2.75, 3.05) is 37.7 Å². The third-order valence-corrected chi connectivity index (χ3v) is 4.98. The SMILES string of the molecule is CCNC(=NCc1cccnc1N1CCOCC1)NC(C)c1ccc(C)c(F)c1.I. The quantitative estimate of drug-likeness (QED) is 0.340. The van der Waals surface area contributed by atoms with Crippen LogP contribution in [0.3, 0.4) is 0 Å². The topological polar surface area (TPSA) is 61.8 Å². The van der Waals surface area contributed by atoms with E-state index < -0.39 is 0 Å². The number of nitrogens with zero attached hydrogens (tertiary/aromatic N) is 3. The Morgan fingerprint density at radius 3 is 2.77 bits per heavy atom. The largest absolute Gasteiger partial charge is 0.378 e. The van der Waals surface area contributed by atoms with Gasteiger partial charge in [0, 0.05) is 31.4 Å². The molecule has 3 rings (SSSR count). The van der Waals surface area contributed by atoms with E-state index >= 15 is 0 Å². The van der Waals surface area contributed by atoms with Gasteiger partial charge in [0.15, 0.2) is 5.96 Å². The highest BCUT2D eigenvalue weighted by atomic mass is 127. The molecule has 2 heterocycles. The predicted molar refractivity (Wildman–Crippen MR) is 130 cm³/mol. The minimum absolute atomic E-state index is 0. The Morgan fingerprint density at radius 2 is 2.07 bits per heavy atom. The van der Waals surface area contributed by atoms with Crippen molar-refractivity contribution >= 4 is 35.8 Å². The number of aliphatic imine (C=N–C) groups is 1. The molecule has 0 bridgehead atoms. The van der Waals surface area contributed by atoms with E-state index in [0.29, 0.717) is 31.3 Å². The highest BCUT2D eigenvalue weighted by molar-refractivity contribution is 14.0. The number of halogens is 2. The lowest BCUT2D eigenvalue weighted by molar-refractivity contribution is 0.122. The van der Waals surface area contributed by atoms with Crippen LogP contribution in [-0.4, -0.2) is 43.8 Å². The van der Waals surface area contributed by atoms with E-state index in [0.717, 1.165) is 36.6 Å². The first-order valence-electron chi connectivity index (χ1n) is 10.2. The van der Waals surface area contributed by atoms with E-state index in [9.17, 15) is 4.39 Å². The molecule has 8 heteroatoms. The predicted octanol–water partition coefficient (Wildman–Crippen LogP) is 3.80. The first-order chi connectivity index (χ1) is 14.1. The summed E-state index contributed by atoms with van der Waals surface area (Å²) in [7, 11) is 0. The van der Waals surface area contributed by atoms with Crippen LogP contribution in [0.1, 0.15) is 36.6 Å². The number of rotatable bonds is 6. The molecule has 164 valence electrons. The summed E-state index contributed by atoms with van der Waals surface area (Å²) >= 11 is 0. The van der Waals surface area contributed by atoms with E-state index in [1.54, 1.807) is 19.1 Å². The number of guanidine groups is 1. The molecule has 1 aromatic heterocycles. The molecule has 1 saturated heterocycles. The maximum Gasteiger partial charge on any atom is 0.192 e. The van der Waals surface area contributed by atoms with Crippen LogP contribution in [0.15, 0.2) is 41.5 Å². The van der Waals surface area contributed by atoms with E-state index in [2.05, 4.69) is 26.6 Å². The summed E-state index contributed by atoms with van der Waals surface area (Å²) in [5.41, 5.74) is 2.60. The van der Waals surface area contributed by atoms with E-state index in [1.165, 1.54) is 0 Å². The molecule has 2 N–H and O–H groups in total. The van der Waals surface area contributed by atoms with Gasteiger partial charge >= 0.3 is 0 Å². The van der Waals surface area contributed by atoms with Crippen molar-refractivity contribution in [3.63, 3.8) is 0 Å². The van der Waals surface area contributed by atoms with Gasteiger partial charge in [0.25, 0.3) is 0 Å². The van der Waals surface area contributed by atoms with Gasteiger partial charge in [-0.05, 0) is 44.0 Å². The van der Waals surface area contributed by atoms with Crippen molar-refractivity contribution in [3.05, 3.63) is 59.0 Å². The van der Waals surface area contributed by atoms with Crippen molar-refractivity contribution in [1.82, 2.24) is 15.6 Å². The number of hydrogen-bond acceptors (Lipinski definition) is 4. The molecule has 2 aromatic rings. The van der Waals surface area contributed by atoms with Crippen LogP contribution in [0.2, 0.25) is 0 Å². The number of aryl methyl sites for hydroxylation is 1. The zero-order chi connectivity index (χ0) is 20.6. The fourth-order valence-corrected chi connectivity index (χ4v) is 3.26. The molecule has 30 heavy (non-hydrogen) atoms. The minimum Gasteiger partial charge on any atom is -0.378 e. The first-order valence-corrected chi connectivity index (χ1v) is 10.2. The van der Waals surface area contributed by atoms with Gasteiger partial charge in [0.1, 0.15) is 11.6 Å². The Bertz CT molecular complexity index is 842. The van der Waals surface area contributed by atoms with Crippen LogP contribution in [0.4, 0.5) is 10.2 Å². The lowest BCUT2D eigenvalue weighted by Crippen LogP contribution is -2.39. The van der Waals surface area contributed by atoms with Crippen LogP contribution in [0, 0.1) is 12.7 Å². The van der Waals surface area contributed by atoms with E-state index in [-0.39, 0.29) is 35.8 Å². The Balaban J connectivity index is 0.00000320. The maximum atomic E-state index is 13.9. The molecular formula is C22H31FIN5O. The van der Waals surface area contributed by atoms with Crippen molar-refractivity contribution < 1.29 is 9.13 Å². The lowest BCUT2D eigenvalue weighted by Gasteiger charge is -2.29. The summed E-state index contributed by atoms with van der Waals surface area (Å²) in [6.45, 7) is 10.1. The second kappa shape index (κ2) is 12.0. The molecule has 6 nitrogen and oxygen atoms in total. The van der Waals surface area contributed by atoms with E-state index in [1.807, 2.05) is 32.2 Å². The van der Waals surface area contributed by atoms with Crippen molar-refractivity contribution in [2.45, 2.75) is 33.4 Å². The average molecular weight is 527 g/mol. The third-order valence-electron chi connectivity index (χ3n) is 4.98. The number of anilines is 1. The number of pyridine rings is 1. The summed E-state index contributed by atoms with van der Waals surface area (Å²) < 4.78 is 19.4. The summed E-state index contributed by atoms with van der Waals surface area (Å²) in [5.74, 6) is 1.46. The van der Waals surface area contributed by atoms with Gasteiger partial charge in [-0.25, -0.2) is 14.4 Å². The van der Waals surface area contributed by atoms with Crippen molar-refractivity contribution in [2.24, 2.45) is 4.99 Å². The van der Waals surface area contributed by atoms with Crippen LogP contribution in [0.25, 0.3) is 0 Å². The molecule has 1 aliphatic rings. The standard InChI is InChI=1S/C22H30FN5O.HI/c1-4-24-22(27-17(3)18-8-7-16(2)20(23)14-18)26-15-19-6-5-9-25-21(19)28-10-12-29-13-11-28;/h5-9,14,17H,4,10-13,15H2,1-3H3,(H2,24,26,27);1H. The smallest absolute Gasteiger partial charge is 0.192 e.